The molecule has 2 atom stereocenters. The Balaban J connectivity index is 2.86. The number of nitriles is 1. The second kappa shape index (κ2) is 6.84. The van der Waals surface area contributed by atoms with E-state index in [0.717, 1.165) is 0 Å². The van der Waals surface area contributed by atoms with E-state index in [1.54, 1.807) is 0 Å². The molecule has 1 aromatic rings. The Bertz CT molecular complexity index is 508. The summed E-state index contributed by atoms with van der Waals surface area (Å²) in [6.45, 7) is 0.0736. The number of aliphatic hydroxyl groups is 2. The molecule has 0 heterocycles. The zero-order chi connectivity index (χ0) is 13.5. The second-order valence-electron chi connectivity index (χ2n) is 3.60. The normalized spacial score (nSPS) is 13.2. The minimum Gasteiger partial charge on any atom is -0.390 e. The predicted molar refractivity (Wildman–Crippen MR) is 65.8 cm³/mol. The fourth-order valence-electron chi connectivity index (χ4n) is 1.48. The molecule has 0 aliphatic heterocycles. The van der Waals surface area contributed by atoms with Crippen molar-refractivity contribution >= 4 is 11.6 Å². The summed E-state index contributed by atoms with van der Waals surface area (Å²) in [6.07, 6.45) is -2.21. The molecule has 1 rings (SSSR count). The van der Waals surface area contributed by atoms with Gasteiger partial charge in [-0.05, 0) is 24.1 Å². The van der Waals surface area contributed by atoms with Gasteiger partial charge >= 0.3 is 0 Å². The molecule has 0 bridgehead atoms. The number of nitrogens with zero attached hydrogens (tertiary/aromatic N) is 4. The Hall–Kier alpha value is -1.77. The fourth-order valence-corrected chi connectivity index (χ4v) is 1.66. The van der Waals surface area contributed by atoms with E-state index >= 15 is 0 Å². The van der Waals surface area contributed by atoms with Gasteiger partial charge in [0.25, 0.3) is 0 Å². The number of azide groups is 1. The molecule has 1 aromatic carbocycles. The Morgan fingerprint density at radius 3 is 2.83 bits per heavy atom. The second-order valence-corrected chi connectivity index (χ2v) is 4.04. The van der Waals surface area contributed by atoms with E-state index in [4.69, 9.17) is 22.4 Å². The summed E-state index contributed by atoms with van der Waals surface area (Å²) in [5, 5.41) is 32.2. The molecule has 0 saturated heterocycles. The minimum atomic E-state index is -1.22. The van der Waals surface area contributed by atoms with Crippen LogP contribution in [-0.4, -0.2) is 22.9 Å². The standard InChI is InChI=1S/C11H11ClN4O2/c12-8-1-2-9(7(5-8)6-13)11(18)10(17)3-4-15-16-14/h1-2,5,10-11,17-18H,3-4H2. The zero-order valence-electron chi connectivity index (χ0n) is 9.36. The van der Waals surface area contributed by atoms with Gasteiger partial charge in [0.15, 0.2) is 0 Å². The van der Waals surface area contributed by atoms with Gasteiger partial charge in [-0.2, -0.15) is 5.26 Å². The van der Waals surface area contributed by atoms with Crippen LogP contribution in [0.15, 0.2) is 23.3 Å². The summed E-state index contributed by atoms with van der Waals surface area (Å²) in [6, 6.07) is 6.34. The number of hydrogen-bond acceptors (Lipinski definition) is 4. The summed E-state index contributed by atoms with van der Waals surface area (Å²) in [5.74, 6) is 0. The van der Waals surface area contributed by atoms with Crippen LogP contribution in [0.1, 0.15) is 23.7 Å². The third-order valence-corrected chi connectivity index (χ3v) is 2.64. The average molecular weight is 267 g/mol. The molecule has 0 fully saturated rings. The summed E-state index contributed by atoms with van der Waals surface area (Å²) >= 11 is 5.73. The molecule has 0 radical (unpaired) electrons. The number of halogens is 1. The van der Waals surface area contributed by atoms with Gasteiger partial charge < -0.3 is 10.2 Å². The lowest BCUT2D eigenvalue weighted by molar-refractivity contribution is 0.0149. The van der Waals surface area contributed by atoms with Crippen molar-refractivity contribution in [3.63, 3.8) is 0 Å². The van der Waals surface area contributed by atoms with Crippen molar-refractivity contribution in [3.05, 3.63) is 44.8 Å². The summed E-state index contributed by atoms with van der Waals surface area (Å²) in [7, 11) is 0. The van der Waals surface area contributed by atoms with Crippen LogP contribution >= 0.6 is 11.6 Å². The molecule has 7 heteroatoms. The highest BCUT2D eigenvalue weighted by Crippen LogP contribution is 2.25. The minimum absolute atomic E-state index is 0.0736. The monoisotopic (exact) mass is 266 g/mol. The molecule has 0 aliphatic rings. The molecule has 0 amide bonds. The van der Waals surface area contributed by atoms with E-state index in [-0.39, 0.29) is 18.5 Å². The third-order valence-electron chi connectivity index (χ3n) is 2.41. The molecule has 18 heavy (non-hydrogen) atoms. The SMILES string of the molecule is N#Cc1cc(Cl)ccc1C(O)C(O)CCN=[N+]=[N-]. The molecular formula is C11H11ClN4O2. The number of hydrogen-bond donors (Lipinski definition) is 2. The van der Waals surface area contributed by atoms with Gasteiger partial charge in [-0.15, -0.1) is 0 Å². The lowest BCUT2D eigenvalue weighted by atomic mass is 9.98. The van der Waals surface area contributed by atoms with E-state index in [1.165, 1.54) is 18.2 Å². The van der Waals surface area contributed by atoms with Crippen molar-refractivity contribution in [1.82, 2.24) is 0 Å². The lowest BCUT2D eigenvalue weighted by Gasteiger charge is -2.18. The molecule has 2 N–H and O–H groups in total. The maximum absolute atomic E-state index is 9.91. The number of benzene rings is 1. The quantitative estimate of drug-likeness (QED) is 0.484. The van der Waals surface area contributed by atoms with E-state index in [2.05, 4.69) is 10.0 Å². The van der Waals surface area contributed by atoms with Crippen molar-refractivity contribution in [2.45, 2.75) is 18.6 Å². The Kier molecular flexibility index (Phi) is 5.43. The smallest absolute Gasteiger partial charge is 0.106 e. The van der Waals surface area contributed by atoms with Crippen LogP contribution in [0.5, 0.6) is 0 Å². The molecule has 0 saturated carbocycles. The molecular weight excluding hydrogens is 256 g/mol. The maximum atomic E-state index is 9.91. The van der Waals surface area contributed by atoms with Gasteiger partial charge in [0, 0.05) is 22.0 Å². The van der Waals surface area contributed by atoms with E-state index in [1.807, 2.05) is 6.07 Å². The molecule has 94 valence electrons. The van der Waals surface area contributed by atoms with Gasteiger partial charge in [0.2, 0.25) is 0 Å². The van der Waals surface area contributed by atoms with Crippen LogP contribution in [0.25, 0.3) is 10.4 Å². The first-order valence-corrected chi connectivity index (χ1v) is 5.54. The van der Waals surface area contributed by atoms with Crippen LogP contribution in [0.4, 0.5) is 0 Å². The molecule has 0 aromatic heterocycles. The van der Waals surface area contributed by atoms with Crippen molar-refractivity contribution in [2.24, 2.45) is 5.11 Å². The van der Waals surface area contributed by atoms with Crippen LogP contribution in [-0.2, 0) is 0 Å². The van der Waals surface area contributed by atoms with E-state index < -0.39 is 12.2 Å². The average Bonchev–Trinajstić information content (AvgIpc) is 2.37. The Labute approximate surface area is 109 Å². The fraction of sp³-hybridized carbons (Fsp3) is 0.364. The van der Waals surface area contributed by atoms with Crippen molar-refractivity contribution < 1.29 is 10.2 Å². The Morgan fingerprint density at radius 1 is 1.50 bits per heavy atom. The first-order chi connectivity index (χ1) is 8.60. The first-order valence-electron chi connectivity index (χ1n) is 5.16. The van der Waals surface area contributed by atoms with Gasteiger partial charge in [-0.3, -0.25) is 0 Å². The third kappa shape index (κ3) is 3.62. The maximum Gasteiger partial charge on any atom is 0.106 e. The van der Waals surface area contributed by atoms with Crippen LogP contribution in [0.2, 0.25) is 5.02 Å². The van der Waals surface area contributed by atoms with E-state index in [9.17, 15) is 10.2 Å². The Morgan fingerprint density at radius 2 is 2.22 bits per heavy atom. The van der Waals surface area contributed by atoms with Gasteiger partial charge in [0.05, 0.1) is 17.7 Å². The van der Waals surface area contributed by atoms with Crippen LogP contribution in [0, 0.1) is 11.3 Å². The van der Waals surface area contributed by atoms with Crippen molar-refractivity contribution in [1.29, 1.82) is 5.26 Å². The van der Waals surface area contributed by atoms with Crippen LogP contribution in [0.3, 0.4) is 0 Å². The highest BCUT2D eigenvalue weighted by Gasteiger charge is 2.20. The predicted octanol–water partition coefficient (Wildman–Crippen LogP) is 2.31. The highest BCUT2D eigenvalue weighted by molar-refractivity contribution is 6.30. The topological polar surface area (TPSA) is 113 Å². The molecule has 0 aliphatic carbocycles. The van der Waals surface area contributed by atoms with E-state index in [0.29, 0.717) is 10.6 Å². The largest absolute Gasteiger partial charge is 0.390 e. The lowest BCUT2D eigenvalue weighted by Crippen LogP contribution is -2.20. The van der Waals surface area contributed by atoms with Gasteiger partial charge in [-0.25, -0.2) is 0 Å². The van der Waals surface area contributed by atoms with Gasteiger partial charge in [0.1, 0.15) is 6.10 Å². The zero-order valence-corrected chi connectivity index (χ0v) is 10.1. The summed E-state index contributed by atoms with van der Waals surface area (Å²) < 4.78 is 0. The van der Waals surface area contributed by atoms with Crippen LogP contribution < -0.4 is 0 Å². The summed E-state index contributed by atoms with van der Waals surface area (Å²) in [4.78, 5) is 2.55. The van der Waals surface area contributed by atoms with Gasteiger partial charge in [-0.1, -0.05) is 22.8 Å². The van der Waals surface area contributed by atoms with Crippen molar-refractivity contribution in [2.75, 3.05) is 6.54 Å². The molecule has 2 unspecified atom stereocenters. The first kappa shape index (κ1) is 14.3. The summed E-state index contributed by atoms with van der Waals surface area (Å²) in [5.41, 5.74) is 8.61. The van der Waals surface area contributed by atoms with Crippen molar-refractivity contribution in [3.8, 4) is 6.07 Å². The molecule has 6 nitrogen and oxygen atoms in total. The molecule has 0 spiro atoms. The number of rotatable bonds is 5. The highest BCUT2D eigenvalue weighted by atomic mass is 35.5. The number of aliphatic hydroxyl groups excluding tert-OH is 2.